The lowest BCUT2D eigenvalue weighted by atomic mass is 10.1. The van der Waals surface area contributed by atoms with Gasteiger partial charge >= 0.3 is 0 Å². The van der Waals surface area contributed by atoms with E-state index in [1.807, 2.05) is 30.7 Å². The average molecular weight is 274 g/mol. The van der Waals surface area contributed by atoms with Crippen molar-refractivity contribution in [3.8, 4) is 5.75 Å². The van der Waals surface area contributed by atoms with Crippen LogP contribution in [0.25, 0.3) is 0 Å². The van der Waals surface area contributed by atoms with Crippen LogP contribution in [0.1, 0.15) is 49.8 Å². The van der Waals surface area contributed by atoms with Gasteiger partial charge in [-0.3, -0.25) is 0 Å². The number of benzene rings is 1. The van der Waals surface area contributed by atoms with Gasteiger partial charge in [0.1, 0.15) is 18.7 Å². The Morgan fingerprint density at radius 3 is 2.70 bits per heavy atom. The van der Waals surface area contributed by atoms with E-state index >= 15 is 0 Å². The second-order valence-corrected chi connectivity index (χ2v) is 5.33. The fourth-order valence-corrected chi connectivity index (χ4v) is 2.11. The van der Waals surface area contributed by atoms with E-state index in [0.29, 0.717) is 6.61 Å². The molecule has 0 unspecified atom stereocenters. The molecule has 0 saturated heterocycles. The minimum Gasteiger partial charge on any atom is -0.485 e. The van der Waals surface area contributed by atoms with Gasteiger partial charge in [0.25, 0.3) is 0 Å². The molecule has 2 N–H and O–H groups in total. The zero-order chi connectivity index (χ0) is 14.7. The molecule has 0 aliphatic heterocycles. The molecule has 5 heteroatoms. The van der Waals surface area contributed by atoms with Crippen molar-refractivity contribution in [2.45, 2.75) is 46.4 Å². The smallest absolute Gasteiger partial charge is 0.165 e. The van der Waals surface area contributed by atoms with Gasteiger partial charge in [-0.25, -0.2) is 9.67 Å². The van der Waals surface area contributed by atoms with Crippen molar-refractivity contribution < 1.29 is 4.74 Å². The van der Waals surface area contributed by atoms with Crippen LogP contribution < -0.4 is 10.5 Å². The summed E-state index contributed by atoms with van der Waals surface area (Å²) in [6.07, 6.45) is 1.56. The Hall–Kier alpha value is -1.88. The highest BCUT2D eigenvalue weighted by molar-refractivity contribution is 5.38. The largest absolute Gasteiger partial charge is 0.485 e. The van der Waals surface area contributed by atoms with E-state index in [0.717, 1.165) is 17.1 Å². The Morgan fingerprint density at radius 2 is 2.05 bits per heavy atom. The third-order valence-corrected chi connectivity index (χ3v) is 3.15. The summed E-state index contributed by atoms with van der Waals surface area (Å²) in [5.74, 6) is 1.63. The van der Waals surface area contributed by atoms with Crippen LogP contribution in [0.2, 0.25) is 0 Å². The van der Waals surface area contributed by atoms with Crippen LogP contribution in [-0.2, 0) is 6.61 Å². The van der Waals surface area contributed by atoms with Crippen molar-refractivity contribution in [2.75, 3.05) is 0 Å². The normalized spacial score (nSPS) is 12.7. The second-order valence-electron chi connectivity index (χ2n) is 5.33. The lowest BCUT2D eigenvalue weighted by Crippen LogP contribution is -2.12. The molecular weight excluding hydrogens is 252 g/mol. The average Bonchev–Trinajstić information content (AvgIpc) is 2.85. The summed E-state index contributed by atoms with van der Waals surface area (Å²) in [6.45, 7) is 8.53. The lowest BCUT2D eigenvalue weighted by Gasteiger charge is -2.15. The molecule has 5 nitrogen and oxygen atoms in total. The highest BCUT2D eigenvalue weighted by atomic mass is 16.5. The lowest BCUT2D eigenvalue weighted by molar-refractivity contribution is 0.278. The highest BCUT2D eigenvalue weighted by Gasteiger charge is 2.12. The van der Waals surface area contributed by atoms with Crippen LogP contribution in [0.3, 0.4) is 0 Å². The number of aromatic nitrogens is 3. The molecule has 0 aliphatic rings. The topological polar surface area (TPSA) is 66.0 Å². The van der Waals surface area contributed by atoms with Gasteiger partial charge in [0.15, 0.2) is 5.82 Å². The van der Waals surface area contributed by atoms with E-state index < -0.39 is 0 Å². The monoisotopic (exact) mass is 274 g/mol. The SMILES string of the molecule is Cc1ccc(OCc2ncnn2C(C)C)c([C@@H](C)N)c1. The molecule has 1 heterocycles. The summed E-state index contributed by atoms with van der Waals surface area (Å²) >= 11 is 0. The number of nitrogens with two attached hydrogens (primary N) is 1. The number of hydrogen-bond acceptors (Lipinski definition) is 4. The molecule has 108 valence electrons. The van der Waals surface area contributed by atoms with Gasteiger partial charge < -0.3 is 10.5 Å². The van der Waals surface area contributed by atoms with Gasteiger partial charge in [-0.1, -0.05) is 17.7 Å². The van der Waals surface area contributed by atoms with Crippen LogP contribution in [0.15, 0.2) is 24.5 Å². The molecule has 1 aromatic heterocycles. The molecule has 0 fully saturated rings. The number of hydrogen-bond donors (Lipinski definition) is 1. The predicted octanol–water partition coefficient (Wildman–Crippen LogP) is 2.77. The minimum absolute atomic E-state index is 0.0622. The molecule has 0 aliphatic carbocycles. The summed E-state index contributed by atoms with van der Waals surface area (Å²) in [7, 11) is 0. The van der Waals surface area contributed by atoms with E-state index in [9.17, 15) is 0 Å². The van der Waals surface area contributed by atoms with Crippen molar-refractivity contribution in [2.24, 2.45) is 5.73 Å². The van der Waals surface area contributed by atoms with Crippen molar-refractivity contribution in [3.63, 3.8) is 0 Å². The standard InChI is InChI=1S/C15H22N4O/c1-10(2)19-15(17-9-18-19)8-20-14-6-5-11(3)7-13(14)12(4)16/h5-7,9-10,12H,8,16H2,1-4H3/t12-/m1/s1. The summed E-state index contributed by atoms with van der Waals surface area (Å²) < 4.78 is 7.75. The first-order valence-electron chi connectivity index (χ1n) is 6.86. The fraction of sp³-hybridized carbons (Fsp3) is 0.467. The van der Waals surface area contributed by atoms with E-state index in [4.69, 9.17) is 10.5 Å². The summed E-state index contributed by atoms with van der Waals surface area (Å²) in [5.41, 5.74) is 8.19. The van der Waals surface area contributed by atoms with Crippen molar-refractivity contribution >= 4 is 0 Å². The van der Waals surface area contributed by atoms with Crippen molar-refractivity contribution in [1.29, 1.82) is 0 Å². The molecule has 0 saturated carbocycles. The van der Waals surface area contributed by atoms with Crippen LogP contribution in [0, 0.1) is 6.92 Å². The number of rotatable bonds is 5. The third kappa shape index (κ3) is 3.17. The zero-order valence-electron chi connectivity index (χ0n) is 12.5. The predicted molar refractivity (Wildman–Crippen MR) is 78.5 cm³/mol. The number of aryl methyl sites for hydroxylation is 1. The first kappa shape index (κ1) is 14.5. The van der Waals surface area contributed by atoms with Gasteiger partial charge in [-0.05, 0) is 33.8 Å². The zero-order valence-corrected chi connectivity index (χ0v) is 12.5. The molecule has 1 aromatic carbocycles. The maximum absolute atomic E-state index is 6.00. The maximum Gasteiger partial charge on any atom is 0.165 e. The Bertz CT molecular complexity index is 575. The maximum atomic E-state index is 6.00. The molecule has 2 rings (SSSR count). The molecule has 0 amide bonds. The number of ether oxygens (including phenoxy) is 1. The van der Waals surface area contributed by atoms with E-state index in [1.54, 1.807) is 6.33 Å². The van der Waals surface area contributed by atoms with E-state index in [1.165, 1.54) is 5.56 Å². The minimum atomic E-state index is -0.0622. The van der Waals surface area contributed by atoms with Gasteiger partial charge in [0.2, 0.25) is 0 Å². The summed E-state index contributed by atoms with van der Waals surface area (Å²) in [4.78, 5) is 4.24. The highest BCUT2D eigenvalue weighted by Crippen LogP contribution is 2.25. The summed E-state index contributed by atoms with van der Waals surface area (Å²) in [5, 5.41) is 4.20. The van der Waals surface area contributed by atoms with Crippen LogP contribution in [0.4, 0.5) is 0 Å². The quantitative estimate of drug-likeness (QED) is 0.910. The van der Waals surface area contributed by atoms with Gasteiger partial charge in [-0.2, -0.15) is 5.10 Å². The molecule has 0 bridgehead atoms. The summed E-state index contributed by atoms with van der Waals surface area (Å²) in [6, 6.07) is 6.25. The Balaban J connectivity index is 2.17. The van der Waals surface area contributed by atoms with Crippen LogP contribution in [0.5, 0.6) is 5.75 Å². The Morgan fingerprint density at radius 1 is 1.30 bits per heavy atom. The van der Waals surface area contributed by atoms with Gasteiger partial charge in [0, 0.05) is 17.6 Å². The first-order valence-corrected chi connectivity index (χ1v) is 6.86. The Labute approximate surface area is 119 Å². The fourth-order valence-electron chi connectivity index (χ4n) is 2.11. The van der Waals surface area contributed by atoms with Gasteiger partial charge in [0.05, 0.1) is 0 Å². The van der Waals surface area contributed by atoms with Crippen molar-refractivity contribution in [3.05, 3.63) is 41.5 Å². The van der Waals surface area contributed by atoms with Crippen molar-refractivity contribution in [1.82, 2.24) is 14.8 Å². The van der Waals surface area contributed by atoms with E-state index in [2.05, 4.69) is 30.0 Å². The molecule has 0 radical (unpaired) electrons. The third-order valence-electron chi connectivity index (χ3n) is 3.15. The molecule has 0 spiro atoms. The van der Waals surface area contributed by atoms with E-state index in [-0.39, 0.29) is 12.1 Å². The Kier molecular flexibility index (Phi) is 4.39. The number of nitrogens with zero attached hydrogens (tertiary/aromatic N) is 3. The molecule has 1 atom stereocenters. The molecule has 2 aromatic rings. The molecule has 20 heavy (non-hydrogen) atoms. The van der Waals surface area contributed by atoms with Gasteiger partial charge in [-0.15, -0.1) is 0 Å². The molecular formula is C15H22N4O. The van der Waals surface area contributed by atoms with Crippen LogP contribution >= 0.6 is 0 Å². The second kappa shape index (κ2) is 6.05. The first-order chi connectivity index (χ1) is 9.49. The van der Waals surface area contributed by atoms with Crippen LogP contribution in [-0.4, -0.2) is 14.8 Å².